The Balaban J connectivity index is 2.44. The van der Waals surface area contributed by atoms with Crippen molar-refractivity contribution < 1.29 is 0 Å². The molecule has 0 unspecified atom stereocenters. The van der Waals surface area contributed by atoms with Crippen molar-refractivity contribution in [2.75, 3.05) is 0 Å². The smallest absolute Gasteiger partial charge is 0.177 e. The number of rotatable bonds is 2. The van der Waals surface area contributed by atoms with Crippen molar-refractivity contribution in [2.45, 2.75) is 6.42 Å². The lowest BCUT2D eigenvalue weighted by Gasteiger charge is -1.90. The Morgan fingerprint density at radius 1 is 1.62 bits per heavy atom. The van der Waals surface area contributed by atoms with Crippen molar-refractivity contribution in [3.8, 4) is 0 Å². The number of aromatic nitrogens is 3. The summed E-state index contributed by atoms with van der Waals surface area (Å²) in [7, 11) is 0. The Kier molecular flexibility index (Phi) is 1.70. The van der Waals surface area contributed by atoms with E-state index in [-0.39, 0.29) is 5.84 Å². The average molecular weight is 175 g/mol. The lowest BCUT2D eigenvalue weighted by Crippen LogP contribution is -2.13. The van der Waals surface area contributed by atoms with Crippen molar-refractivity contribution in [1.82, 2.24) is 15.0 Å². The molecule has 0 aromatic carbocycles. The molecule has 13 heavy (non-hydrogen) atoms. The summed E-state index contributed by atoms with van der Waals surface area (Å²) in [6.45, 7) is 0. The summed E-state index contributed by atoms with van der Waals surface area (Å²) in [6, 6.07) is 3.72. The van der Waals surface area contributed by atoms with Gasteiger partial charge in [0.2, 0.25) is 0 Å². The fourth-order valence-electron chi connectivity index (χ4n) is 1.16. The van der Waals surface area contributed by atoms with E-state index in [4.69, 9.17) is 11.1 Å². The van der Waals surface area contributed by atoms with Gasteiger partial charge in [-0.15, -0.1) is 0 Å². The largest absolute Gasteiger partial charge is 0.387 e. The first-order valence-corrected chi connectivity index (χ1v) is 3.88. The normalized spacial score (nSPS) is 10.5. The maximum absolute atomic E-state index is 7.10. The molecule has 2 aromatic rings. The van der Waals surface area contributed by atoms with Crippen LogP contribution in [0.3, 0.4) is 0 Å². The van der Waals surface area contributed by atoms with Gasteiger partial charge in [0.25, 0.3) is 0 Å². The second-order valence-electron chi connectivity index (χ2n) is 2.76. The number of nitrogens with one attached hydrogen (secondary N) is 2. The van der Waals surface area contributed by atoms with Crippen LogP contribution in [0.15, 0.2) is 18.3 Å². The molecule has 4 N–H and O–H groups in total. The molecule has 0 radical (unpaired) electrons. The van der Waals surface area contributed by atoms with E-state index in [0.717, 1.165) is 5.52 Å². The van der Waals surface area contributed by atoms with Crippen LogP contribution in [0, 0.1) is 5.41 Å². The maximum Gasteiger partial charge on any atom is 0.177 e. The van der Waals surface area contributed by atoms with E-state index in [2.05, 4.69) is 15.0 Å². The molecule has 5 nitrogen and oxygen atoms in total. The van der Waals surface area contributed by atoms with Crippen LogP contribution >= 0.6 is 0 Å². The number of imidazole rings is 1. The number of hydrogen-bond acceptors (Lipinski definition) is 3. The highest BCUT2D eigenvalue weighted by molar-refractivity contribution is 5.80. The number of aromatic amines is 1. The van der Waals surface area contributed by atoms with Crippen LogP contribution in [0.4, 0.5) is 0 Å². The summed E-state index contributed by atoms with van der Waals surface area (Å²) in [5.41, 5.74) is 6.79. The average Bonchev–Trinajstić information content (AvgIpc) is 2.44. The van der Waals surface area contributed by atoms with Crippen LogP contribution in [0.25, 0.3) is 11.2 Å². The SMILES string of the molecule is N=C(N)Cc1nc2ncccc2[nH]1. The lowest BCUT2D eigenvalue weighted by atomic mass is 10.4. The van der Waals surface area contributed by atoms with E-state index in [1.807, 2.05) is 12.1 Å². The second-order valence-corrected chi connectivity index (χ2v) is 2.76. The molecule has 0 aliphatic carbocycles. The standard InChI is InChI=1S/C8H9N5/c9-6(10)4-7-12-5-2-1-3-11-8(5)13-7/h1-3H,4H2,(H3,9,10)(H,11,12,13). The highest BCUT2D eigenvalue weighted by Gasteiger charge is 2.02. The molecule has 0 fully saturated rings. The summed E-state index contributed by atoms with van der Waals surface area (Å²) in [5.74, 6) is 0.778. The van der Waals surface area contributed by atoms with Gasteiger partial charge in [-0.2, -0.15) is 0 Å². The molecule has 0 bridgehead atoms. The molecule has 0 spiro atoms. The van der Waals surface area contributed by atoms with Crippen LogP contribution in [-0.4, -0.2) is 20.8 Å². The van der Waals surface area contributed by atoms with Crippen LogP contribution in [0.2, 0.25) is 0 Å². The quantitative estimate of drug-likeness (QED) is 0.456. The fourth-order valence-corrected chi connectivity index (χ4v) is 1.16. The Morgan fingerprint density at radius 2 is 2.46 bits per heavy atom. The van der Waals surface area contributed by atoms with Crippen molar-refractivity contribution >= 4 is 17.0 Å². The van der Waals surface area contributed by atoms with E-state index < -0.39 is 0 Å². The van der Waals surface area contributed by atoms with E-state index in [0.29, 0.717) is 17.9 Å². The molecule has 5 heteroatoms. The van der Waals surface area contributed by atoms with Gasteiger partial charge in [-0.3, -0.25) is 5.41 Å². The summed E-state index contributed by atoms with van der Waals surface area (Å²) in [5, 5.41) is 7.10. The summed E-state index contributed by atoms with van der Waals surface area (Å²) < 4.78 is 0. The van der Waals surface area contributed by atoms with Gasteiger partial charge in [-0.1, -0.05) is 0 Å². The van der Waals surface area contributed by atoms with Crippen molar-refractivity contribution in [1.29, 1.82) is 5.41 Å². The molecule has 2 rings (SSSR count). The van der Waals surface area contributed by atoms with E-state index in [9.17, 15) is 0 Å². The number of pyridine rings is 1. The van der Waals surface area contributed by atoms with Crippen LogP contribution in [0.5, 0.6) is 0 Å². The first kappa shape index (κ1) is 7.72. The summed E-state index contributed by atoms with van der Waals surface area (Å²) in [4.78, 5) is 11.3. The molecule has 0 saturated heterocycles. The number of hydrogen-bond donors (Lipinski definition) is 3. The van der Waals surface area contributed by atoms with Gasteiger partial charge in [-0.25, -0.2) is 9.97 Å². The highest BCUT2D eigenvalue weighted by atomic mass is 15.0. The second kappa shape index (κ2) is 2.85. The molecule has 0 saturated carbocycles. The minimum atomic E-state index is 0.0963. The predicted octanol–water partition coefficient (Wildman–Crippen LogP) is 0.436. The minimum absolute atomic E-state index is 0.0963. The molecular weight excluding hydrogens is 166 g/mol. The fraction of sp³-hybridized carbons (Fsp3) is 0.125. The molecule has 0 aliphatic rings. The van der Waals surface area contributed by atoms with E-state index in [1.54, 1.807) is 6.20 Å². The Morgan fingerprint density at radius 3 is 3.15 bits per heavy atom. The number of H-pyrrole nitrogens is 1. The molecule has 2 heterocycles. The molecule has 0 amide bonds. The van der Waals surface area contributed by atoms with Crippen molar-refractivity contribution in [2.24, 2.45) is 5.73 Å². The first-order valence-electron chi connectivity index (χ1n) is 3.88. The van der Waals surface area contributed by atoms with Crippen LogP contribution < -0.4 is 5.73 Å². The zero-order valence-corrected chi connectivity index (χ0v) is 6.91. The van der Waals surface area contributed by atoms with Gasteiger partial charge in [0.05, 0.1) is 17.8 Å². The van der Waals surface area contributed by atoms with Crippen molar-refractivity contribution in [3.63, 3.8) is 0 Å². The van der Waals surface area contributed by atoms with Gasteiger partial charge in [0, 0.05) is 6.20 Å². The summed E-state index contributed by atoms with van der Waals surface area (Å²) in [6.07, 6.45) is 2.02. The van der Waals surface area contributed by atoms with Gasteiger partial charge in [-0.05, 0) is 12.1 Å². The number of nitrogens with two attached hydrogens (primary N) is 1. The molecule has 66 valence electrons. The number of amidine groups is 1. The zero-order valence-electron chi connectivity index (χ0n) is 6.91. The predicted molar refractivity (Wildman–Crippen MR) is 49.5 cm³/mol. The first-order chi connectivity index (χ1) is 6.25. The maximum atomic E-state index is 7.10. The number of nitrogens with zero attached hydrogens (tertiary/aromatic N) is 2. The van der Waals surface area contributed by atoms with Gasteiger partial charge in [0.1, 0.15) is 5.82 Å². The molecule has 0 atom stereocenters. The van der Waals surface area contributed by atoms with Crippen molar-refractivity contribution in [3.05, 3.63) is 24.2 Å². The summed E-state index contributed by atoms with van der Waals surface area (Å²) >= 11 is 0. The van der Waals surface area contributed by atoms with E-state index in [1.165, 1.54) is 0 Å². The Hall–Kier alpha value is -1.91. The molecular formula is C8H9N5. The lowest BCUT2D eigenvalue weighted by molar-refractivity contribution is 1.08. The highest BCUT2D eigenvalue weighted by Crippen LogP contribution is 2.07. The number of fused-ring (bicyclic) bond motifs is 1. The zero-order chi connectivity index (χ0) is 9.26. The van der Waals surface area contributed by atoms with Gasteiger partial charge < -0.3 is 10.7 Å². The van der Waals surface area contributed by atoms with Crippen LogP contribution in [0.1, 0.15) is 5.82 Å². The molecule has 2 aromatic heterocycles. The Bertz CT molecular complexity index is 411. The van der Waals surface area contributed by atoms with Gasteiger partial charge >= 0.3 is 0 Å². The third kappa shape index (κ3) is 1.48. The third-order valence-corrected chi connectivity index (χ3v) is 1.66. The topological polar surface area (TPSA) is 91.4 Å². The molecule has 0 aliphatic heterocycles. The monoisotopic (exact) mass is 175 g/mol. The van der Waals surface area contributed by atoms with Gasteiger partial charge in [0.15, 0.2) is 5.65 Å². The Labute approximate surface area is 74.5 Å². The van der Waals surface area contributed by atoms with E-state index >= 15 is 0 Å². The van der Waals surface area contributed by atoms with Crippen LogP contribution in [-0.2, 0) is 6.42 Å². The minimum Gasteiger partial charge on any atom is -0.387 e. The third-order valence-electron chi connectivity index (χ3n) is 1.66.